The standard InChI is InChI=1S/C18H14BrNO5S/c1-10(17(22)24-2)20-16(21)15(26-18(20)23)9-13-7-8-14(25-13)11-3-5-12(19)6-4-11/h3-10H,1-2H3/b15-9+/t10-/m1/s1. The molecule has 0 saturated carbocycles. The van der Waals surface area contributed by atoms with Gasteiger partial charge >= 0.3 is 5.97 Å². The van der Waals surface area contributed by atoms with E-state index in [4.69, 9.17) is 4.42 Å². The van der Waals surface area contributed by atoms with E-state index in [1.54, 1.807) is 12.1 Å². The molecule has 0 bridgehead atoms. The van der Waals surface area contributed by atoms with Gasteiger partial charge in [0.05, 0.1) is 12.0 Å². The Morgan fingerprint density at radius 3 is 2.58 bits per heavy atom. The first-order valence-corrected chi connectivity index (χ1v) is 9.22. The molecule has 26 heavy (non-hydrogen) atoms. The second-order valence-electron chi connectivity index (χ2n) is 5.46. The highest BCUT2D eigenvalue weighted by molar-refractivity contribution is 9.10. The van der Waals surface area contributed by atoms with Crippen molar-refractivity contribution in [3.8, 4) is 11.3 Å². The van der Waals surface area contributed by atoms with Gasteiger partial charge in [-0.15, -0.1) is 0 Å². The third-order valence-electron chi connectivity index (χ3n) is 3.78. The predicted octanol–water partition coefficient (Wildman–Crippen LogP) is 4.31. The summed E-state index contributed by atoms with van der Waals surface area (Å²) in [7, 11) is 1.21. The Morgan fingerprint density at radius 2 is 1.92 bits per heavy atom. The molecular formula is C18H14BrNO5S. The number of hydrogen-bond donors (Lipinski definition) is 0. The van der Waals surface area contributed by atoms with Crippen LogP contribution in [0.15, 0.2) is 50.2 Å². The van der Waals surface area contributed by atoms with E-state index in [9.17, 15) is 14.4 Å². The molecular weight excluding hydrogens is 422 g/mol. The number of carbonyl (C=O) groups excluding carboxylic acids is 3. The van der Waals surface area contributed by atoms with Crippen LogP contribution in [-0.2, 0) is 14.3 Å². The molecule has 8 heteroatoms. The molecule has 0 N–H and O–H groups in total. The lowest BCUT2D eigenvalue weighted by Gasteiger charge is -2.18. The van der Waals surface area contributed by atoms with Crippen molar-refractivity contribution in [1.29, 1.82) is 0 Å². The van der Waals surface area contributed by atoms with E-state index in [2.05, 4.69) is 20.7 Å². The average molecular weight is 436 g/mol. The second kappa shape index (κ2) is 7.51. The van der Waals surface area contributed by atoms with Gasteiger partial charge in [0.2, 0.25) is 0 Å². The molecule has 0 unspecified atom stereocenters. The maximum Gasteiger partial charge on any atom is 0.328 e. The molecule has 1 aromatic heterocycles. The first-order valence-electron chi connectivity index (χ1n) is 7.61. The third kappa shape index (κ3) is 3.61. The number of nitrogens with zero attached hydrogens (tertiary/aromatic N) is 1. The first kappa shape index (κ1) is 18.5. The lowest BCUT2D eigenvalue weighted by molar-refractivity contribution is -0.148. The van der Waals surface area contributed by atoms with Gasteiger partial charge < -0.3 is 9.15 Å². The average Bonchev–Trinajstić information content (AvgIpc) is 3.19. The van der Waals surface area contributed by atoms with Crippen LogP contribution in [0.3, 0.4) is 0 Å². The number of benzene rings is 1. The molecule has 0 radical (unpaired) electrons. The summed E-state index contributed by atoms with van der Waals surface area (Å²) in [4.78, 5) is 37.3. The second-order valence-corrected chi connectivity index (χ2v) is 7.37. The van der Waals surface area contributed by atoms with Crippen LogP contribution in [0.25, 0.3) is 17.4 Å². The van der Waals surface area contributed by atoms with Crippen LogP contribution in [0, 0.1) is 0 Å². The maximum absolute atomic E-state index is 12.5. The number of halogens is 1. The van der Waals surface area contributed by atoms with Crippen LogP contribution in [0.2, 0.25) is 0 Å². The Balaban J connectivity index is 1.83. The van der Waals surface area contributed by atoms with Gasteiger partial charge in [0, 0.05) is 16.1 Å². The maximum atomic E-state index is 12.5. The predicted molar refractivity (Wildman–Crippen MR) is 101 cm³/mol. The van der Waals surface area contributed by atoms with Crippen molar-refractivity contribution >= 4 is 50.9 Å². The van der Waals surface area contributed by atoms with E-state index in [-0.39, 0.29) is 4.91 Å². The van der Waals surface area contributed by atoms with Gasteiger partial charge in [0.15, 0.2) is 0 Å². The number of hydrogen-bond acceptors (Lipinski definition) is 6. The number of furan rings is 1. The molecule has 2 amide bonds. The molecule has 6 nitrogen and oxygen atoms in total. The molecule has 1 aliphatic heterocycles. The normalized spacial score (nSPS) is 17.0. The first-order chi connectivity index (χ1) is 12.4. The summed E-state index contributed by atoms with van der Waals surface area (Å²) < 4.78 is 11.3. The number of ether oxygens (including phenoxy) is 1. The van der Waals surface area contributed by atoms with Crippen molar-refractivity contribution in [3.05, 3.63) is 51.5 Å². The summed E-state index contributed by atoms with van der Waals surface area (Å²) >= 11 is 4.14. The number of carbonyl (C=O) groups is 3. The molecule has 0 spiro atoms. The summed E-state index contributed by atoms with van der Waals surface area (Å²) in [6.45, 7) is 1.45. The van der Waals surface area contributed by atoms with Crippen molar-refractivity contribution in [2.75, 3.05) is 7.11 Å². The Bertz CT molecular complexity index is 903. The van der Waals surface area contributed by atoms with Crippen molar-refractivity contribution in [3.63, 3.8) is 0 Å². The molecule has 1 aromatic carbocycles. The lowest BCUT2D eigenvalue weighted by Crippen LogP contribution is -2.42. The van der Waals surface area contributed by atoms with Crippen LogP contribution in [-0.4, -0.2) is 35.2 Å². The van der Waals surface area contributed by atoms with Gasteiger partial charge in [-0.1, -0.05) is 28.1 Å². The molecule has 2 heterocycles. The number of rotatable bonds is 4. The highest BCUT2D eigenvalue weighted by Crippen LogP contribution is 2.34. The molecule has 1 saturated heterocycles. The van der Waals surface area contributed by atoms with Gasteiger partial charge in [0.25, 0.3) is 11.1 Å². The van der Waals surface area contributed by atoms with Gasteiger partial charge in [-0.3, -0.25) is 14.5 Å². The van der Waals surface area contributed by atoms with Gasteiger partial charge in [-0.05, 0) is 43.0 Å². The zero-order chi connectivity index (χ0) is 18.8. The third-order valence-corrected chi connectivity index (χ3v) is 5.19. The molecule has 2 aromatic rings. The number of esters is 1. The van der Waals surface area contributed by atoms with Crippen LogP contribution in [0.5, 0.6) is 0 Å². The largest absolute Gasteiger partial charge is 0.467 e. The Morgan fingerprint density at radius 1 is 1.23 bits per heavy atom. The Labute approximate surface area is 162 Å². The van der Waals surface area contributed by atoms with Gasteiger partial charge in [-0.25, -0.2) is 4.79 Å². The van der Waals surface area contributed by atoms with Gasteiger partial charge in [-0.2, -0.15) is 0 Å². The summed E-state index contributed by atoms with van der Waals surface area (Å²) in [6.07, 6.45) is 1.50. The monoisotopic (exact) mass is 435 g/mol. The minimum Gasteiger partial charge on any atom is -0.467 e. The Hall–Kier alpha value is -2.32. The topological polar surface area (TPSA) is 76.8 Å². The lowest BCUT2D eigenvalue weighted by atomic mass is 10.2. The van der Waals surface area contributed by atoms with E-state index in [1.165, 1.54) is 20.1 Å². The molecule has 3 rings (SSSR count). The van der Waals surface area contributed by atoms with E-state index in [1.807, 2.05) is 24.3 Å². The highest BCUT2D eigenvalue weighted by Gasteiger charge is 2.41. The summed E-state index contributed by atoms with van der Waals surface area (Å²) in [5, 5.41) is -0.515. The van der Waals surface area contributed by atoms with Crippen LogP contribution < -0.4 is 0 Å². The van der Waals surface area contributed by atoms with Crippen LogP contribution >= 0.6 is 27.7 Å². The Kier molecular flexibility index (Phi) is 5.33. The molecule has 134 valence electrons. The SMILES string of the molecule is COC(=O)[C@@H](C)N1C(=O)S/C(=C/c2ccc(-c3ccc(Br)cc3)o2)C1=O. The fourth-order valence-electron chi connectivity index (χ4n) is 2.42. The summed E-state index contributed by atoms with van der Waals surface area (Å²) in [5.41, 5.74) is 0.889. The van der Waals surface area contributed by atoms with Crippen molar-refractivity contribution in [2.45, 2.75) is 13.0 Å². The molecule has 1 aliphatic rings. The fourth-order valence-corrected chi connectivity index (χ4v) is 3.57. The minimum atomic E-state index is -0.978. The van der Waals surface area contributed by atoms with Crippen molar-refractivity contribution in [1.82, 2.24) is 4.90 Å². The number of methoxy groups -OCH3 is 1. The zero-order valence-electron chi connectivity index (χ0n) is 13.9. The number of thioether (sulfide) groups is 1. The fraction of sp³-hybridized carbons (Fsp3) is 0.167. The highest BCUT2D eigenvalue weighted by atomic mass is 79.9. The van der Waals surface area contributed by atoms with E-state index >= 15 is 0 Å². The zero-order valence-corrected chi connectivity index (χ0v) is 16.3. The smallest absolute Gasteiger partial charge is 0.328 e. The van der Waals surface area contributed by atoms with Crippen molar-refractivity contribution < 1.29 is 23.5 Å². The molecule has 0 aliphatic carbocycles. The molecule has 1 fully saturated rings. The van der Waals surface area contributed by atoms with Crippen molar-refractivity contribution in [2.24, 2.45) is 0 Å². The van der Waals surface area contributed by atoms with Gasteiger partial charge in [0.1, 0.15) is 17.6 Å². The van der Waals surface area contributed by atoms with E-state index < -0.39 is 23.2 Å². The minimum absolute atomic E-state index is 0.197. The quantitative estimate of drug-likeness (QED) is 0.525. The summed E-state index contributed by atoms with van der Waals surface area (Å²) in [5.74, 6) is -0.103. The van der Waals surface area contributed by atoms with E-state index in [0.717, 1.165) is 26.7 Å². The summed E-state index contributed by atoms with van der Waals surface area (Å²) in [6, 6.07) is 10.1. The molecule has 1 atom stereocenters. The van der Waals surface area contributed by atoms with E-state index in [0.29, 0.717) is 11.5 Å². The number of imide groups is 1. The van der Waals surface area contributed by atoms with Crippen LogP contribution in [0.4, 0.5) is 4.79 Å². The number of amides is 2. The van der Waals surface area contributed by atoms with Crippen LogP contribution in [0.1, 0.15) is 12.7 Å².